The number of carbonyl (C=O) groups excluding carboxylic acids is 1. The van der Waals surface area contributed by atoms with Gasteiger partial charge in [-0.1, -0.05) is 0 Å². The van der Waals surface area contributed by atoms with Crippen molar-refractivity contribution in [3.8, 4) is 6.07 Å². The molecule has 29 heavy (non-hydrogen) atoms. The predicted octanol–water partition coefficient (Wildman–Crippen LogP) is 1.65. The van der Waals surface area contributed by atoms with Gasteiger partial charge in [-0.25, -0.2) is 13.2 Å². The summed E-state index contributed by atoms with van der Waals surface area (Å²) in [4.78, 5) is 16.5. The quantitative estimate of drug-likeness (QED) is 0.589. The summed E-state index contributed by atoms with van der Waals surface area (Å²) < 4.78 is 35.2. The van der Waals surface area contributed by atoms with Crippen LogP contribution in [-0.4, -0.2) is 82.1 Å². The van der Waals surface area contributed by atoms with E-state index in [1.807, 2.05) is 6.07 Å². The summed E-state index contributed by atoms with van der Waals surface area (Å²) in [6.07, 6.45) is 2.25. The Hall–Kier alpha value is -2.15. The Balaban J connectivity index is 1.49. The van der Waals surface area contributed by atoms with Crippen LogP contribution in [0.15, 0.2) is 29.2 Å². The Morgan fingerprint density at radius 2 is 1.83 bits per heavy atom. The Bertz CT molecular complexity index is 836. The number of sulfone groups is 1. The molecule has 3 rings (SSSR count). The Kier molecular flexibility index (Phi) is 7.11. The number of ether oxygens (including phenoxy) is 2. The average molecular weight is 422 g/mol. The number of fused-ring (bicyclic) bond motifs is 2. The molecule has 2 bridgehead atoms. The number of likely N-dealkylation sites (tertiary alicyclic amines) is 1. The third-order valence-electron chi connectivity index (χ3n) is 5.58. The molecule has 2 aliphatic rings. The van der Waals surface area contributed by atoms with Crippen LogP contribution in [0, 0.1) is 11.3 Å². The molecule has 0 N–H and O–H groups in total. The number of nitriles is 1. The largest absolute Gasteiger partial charge is 0.447 e. The molecule has 2 fully saturated rings. The van der Waals surface area contributed by atoms with Crippen molar-refractivity contribution in [1.29, 1.82) is 5.26 Å². The standard InChI is InChI=1S/C20H27N3O5S/c1-27-10-11-28-20(24)22-14-17-5-6-18(15-22)23(17)9-2-12-29(25,26)19-7-3-16(13-21)4-8-19/h3-4,7-8,17-18H,2,5-6,9-12,14-15H2,1H3. The van der Waals surface area contributed by atoms with Crippen LogP contribution in [0.25, 0.3) is 0 Å². The Labute approximate surface area is 171 Å². The van der Waals surface area contributed by atoms with E-state index in [9.17, 15) is 13.2 Å². The minimum Gasteiger partial charge on any atom is -0.447 e. The number of benzene rings is 1. The van der Waals surface area contributed by atoms with Crippen molar-refractivity contribution in [2.75, 3.05) is 45.7 Å². The summed E-state index contributed by atoms with van der Waals surface area (Å²) in [5, 5.41) is 8.84. The summed E-state index contributed by atoms with van der Waals surface area (Å²) in [5.41, 5.74) is 0.444. The third kappa shape index (κ3) is 5.26. The van der Waals surface area contributed by atoms with E-state index in [1.165, 1.54) is 24.3 Å². The van der Waals surface area contributed by atoms with E-state index in [0.717, 1.165) is 12.8 Å². The van der Waals surface area contributed by atoms with Crippen molar-refractivity contribution in [2.24, 2.45) is 0 Å². The van der Waals surface area contributed by atoms with Gasteiger partial charge in [0.15, 0.2) is 9.84 Å². The second-order valence-corrected chi connectivity index (χ2v) is 9.55. The average Bonchev–Trinajstić information content (AvgIpc) is 2.95. The zero-order valence-electron chi connectivity index (χ0n) is 16.6. The monoisotopic (exact) mass is 421 g/mol. The first-order valence-corrected chi connectivity index (χ1v) is 11.5. The number of hydrogen-bond donors (Lipinski definition) is 0. The van der Waals surface area contributed by atoms with Gasteiger partial charge >= 0.3 is 6.09 Å². The molecule has 2 aliphatic heterocycles. The first-order chi connectivity index (χ1) is 13.9. The van der Waals surface area contributed by atoms with Gasteiger partial charge in [0.2, 0.25) is 0 Å². The molecular formula is C20H27N3O5S. The fourth-order valence-corrected chi connectivity index (χ4v) is 5.40. The number of rotatable bonds is 8. The van der Waals surface area contributed by atoms with Crippen molar-refractivity contribution < 1.29 is 22.7 Å². The molecule has 2 atom stereocenters. The van der Waals surface area contributed by atoms with Crippen molar-refractivity contribution in [3.63, 3.8) is 0 Å². The van der Waals surface area contributed by atoms with E-state index in [-0.39, 0.29) is 35.4 Å². The summed E-state index contributed by atoms with van der Waals surface area (Å²) in [5.74, 6) is 0.0671. The molecule has 1 amide bonds. The lowest BCUT2D eigenvalue weighted by atomic mass is 10.2. The molecule has 2 heterocycles. The van der Waals surface area contributed by atoms with Crippen LogP contribution >= 0.6 is 0 Å². The molecule has 158 valence electrons. The summed E-state index contributed by atoms with van der Waals surface area (Å²) >= 11 is 0. The topological polar surface area (TPSA) is 99.9 Å². The van der Waals surface area contributed by atoms with Crippen molar-refractivity contribution in [2.45, 2.75) is 36.2 Å². The maximum Gasteiger partial charge on any atom is 0.409 e. The Morgan fingerprint density at radius 3 is 2.41 bits per heavy atom. The maximum atomic E-state index is 12.5. The highest BCUT2D eigenvalue weighted by atomic mass is 32.2. The van der Waals surface area contributed by atoms with E-state index in [1.54, 1.807) is 12.0 Å². The lowest BCUT2D eigenvalue weighted by Crippen LogP contribution is -2.55. The van der Waals surface area contributed by atoms with E-state index >= 15 is 0 Å². The highest BCUT2D eigenvalue weighted by molar-refractivity contribution is 7.91. The van der Waals surface area contributed by atoms with Gasteiger partial charge in [-0.2, -0.15) is 5.26 Å². The zero-order chi connectivity index (χ0) is 20.9. The van der Waals surface area contributed by atoms with Gasteiger partial charge in [0.1, 0.15) is 6.61 Å². The van der Waals surface area contributed by atoms with Crippen LogP contribution in [0.4, 0.5) is 4.79 Å². The van der Waals surface area contributed by atoms with Gasteiger partial charge in [-0.3, -0.25) is 4.90 Å². The molecular weight excluding hydrogens is 394 g/mol. The molecule has 0 radical (unpaired) electrons. The summed E-state index contributed by atoms with van der Waals surface area (Å²) in [6, 6.07) is 8.53. The number of methoxy groups -OCH3 is 1. The maximum absolute atomic E-state index is 12.5. The second kappa shape index (κ2) is 9.57. The molecule has 0 saturated carbocycles. The smallest absolute Gasteiger partial charge is 0.409 e. The minimum atomic E-state index is -3.37. The summed E-state index contributed by atoms with van der Waals surface area (Å²) in [6.45, 7) is 2.55. The number of piperazine rings is 1. The van der Waals surface area contributed by atoms with Crippen molar-refractivity contribution >= 4 is 15.9 Å². The molecule has 0 aliphatic carbocycles. The zero-order valence-corrected chi connectivity index (χ0v) is 17.4. The van der Waals surface area contributed by atoms with E-state index in [2.05, 4.69) is 4.90 Å². The van der Waals surface area contributed by atoms with E-state index in [0.29, 0.717) is 38.2 Å². The highest BCUT2D eigenvalue weighted by Gasteiger charge is 2.41. The number of amides is 1. The van der Waals surface area contributed by atoms with Gasteiger partial charge in [-0.15, -0.1) is 0 Å². The lowest BCUT2D eigenvalue weighted by Gasteiger charge is -2.40. The minimum absolute atomic E-state index is 0.0671. The molecule has 0 spiro atoms. The normalized spacial score (nSPS) is 21.7. The van der Waals surface area contributed by atoms with Crippen molar-refractivity contribution in [3.05, 3.63) is 29.8 Å². The fraction of sp³-hybridized carbons (Fsp3) is 0.600. The molecule has 8 nitrogen and oxygen atoms in total. The second-order valence-electron chi connectivity index (χ2n) is 7.44. The van der Waals surface area contributed by atoms with Gasteiger partial charge in [-0.05, 0) is 50.1 Å². The van der Waals surface area contributed by atoms with Crippen LogP contribution < -0.4 is 0 Å². The fourth-order valence-electron chi connectivity index (χ4n) is 4.10. The molecule has 2 unspecified atom stereocenters. The van der Waals surface area contributed by atoms with Crippen LogP contribution in [0.3, 0.4) is 0 Å². The SMILES string of the molecule is COCCOC(=O)N1CC2CCC(C1)N2CCCS(=O)(=O)c1ccc(C#N)cc1. The molecule has 0 aromatic heterocycles. The van der Waals surface area contributed by atoms with Gasteiger partial charge < -0.3 is 14.4 Å². The lowest BCUT2D eigenvalue weighted by molar-refractivity contribution is 0.0348. The first-order valence-electron chi connectivity index (χ1n) is 9.84. The van der Waals surface area contributed by atoms with Gasteiger partial charge in [0, 0.05) is 32.3 Å². The van der Waals surface area contributed by atoms with Crippen LogP contribution in [0.1, 0.15) is 24.8 Å². The third-order valence-corrected chi connectivity index (χ3v) is 7.39. The highest BCUT2D eigenvalue weighted by Crippen LogP contribution is 2.30. The van der Waals surface area contributed by atoms with Crippen LogP contribution in [0.2, 0.25) is 0 Å². The number of nitrogens with zero attached hydrogens (tertiary/aromatic N) is 3. The predicted molar refractivity (Wildman–Crippen MR) is 106 cm³/mol. The molecule has 1 aromatic rings. The van der Waals surface area contributed by atoms with Crippen LogP contribution in [-0.2, 0) is 19.3 Å². The Morgan fingerprint density at radius 1 is 1.17 bits per heavy atom. The molecule has 1 aromatic carbocycles. The number of hydrogen-bond acceptors (Lipinski definition) is 7. The van der Waals surface area contributed by atoms with E-state index < -0.39 is 9.84 Å². The van der Waals surface area contributed by atoms with E-state index in [4.69, 9.17) is 14.7 Å². The first kappa shape index (κ1) is 21.6. The number of carbonyl (C=O) groups is 1. The summed E-state index contributed by atoms with van der Waals surface area (Å²) in [7, 11) is -1.81. The molecule has 9 heteroatoms. The molecule has 2 saturated heterocycles. The van der Waals surface area contributed by atoms with Crippen molar-refractivity contribution in [1.82, 2.24) is 9.80 Å². The van der Waals surface area contributed by atoms with Crippen LogP contribution in [0.5, 0.6) is 0 Å². The van der Waals surface area contributed by atoms with Gasteiger partial charge in [0.05, 0.1) is 28.9 Å². The van der Waals surface area contributed by atoms with Gasteiger partial charge in [0.25, 0.3) is 0 Å².